The molecule has 2 aromatic carbocycles. The van der Waals surface area contributed by atoms with Crippen LogP contribution in [0.15, 0.2) is 54.6 Å². The van der Waals surface area contributed by atoms with Crippen molar-refractivity contribution in [1.29, 1.82) is 0 Å². The highest BCUT2D eigenvalue weighted by Gasteiger charge is 2.14. The van der Waals surface area contributed by atoms with E-state index in [1.807, 2.05) is 43.3 Å². The van der Waals surface area contributed by atoms with Crippen LogP contribution in [0, 0.1) is 0 Å². The Morgan fingerprint density at radius 1 is 1.13 bits per heavy atom. The van der Waals surface area contributed by atoms with Gasteiger partial charge >= 0.3 is 5.97 Å². The van der Waals surface area contributed by atoms with E-state index in [4.69, 9.17) is 9.47 Å². The Morgan fingerprint density at radius 2 is 1.91 bits per heavy atom. The summed E-state index contributed by atoms with van der Waals surface area (Å²) in [6.07, 6.45) is -0.174. The third kappa shape index (κ3) is 5.75. The summed E-state index contributed by atoms with van der Waals surface area (Å²) in [7, 11) is 0. The lowest BCUT2D eigenvalue weighted by atomic mass is 10.1. The summed E-state index contributed by atoms with van der Waals surface area (Å²) in [5, 5.41) is 10.1. The zero-order valence-corrected chi connectivity index (χ0v) is 13.3. The van der Waals surface area contributed by atoms with Gasteiger partial charge in [-0.25, -0.2) is 0 Å². The van der Waals surface area contributed by atoms with Gasteiger partial charge < -0.3 is 14.6 Å². The molecule has 0 bridgehead atoms. The summed E-state index contributed by atoms with van der Waals surface area (Å²) in [6.45, 7) is 2.77. The number of benzene rings is 2. The lowest BCUT2D eigenvalue weighted by Gasteiger charge is -2.13. The van der Waals surface area contributed by atoms with Crippen molar-refractivity contribution in [2.24, 2.45) is 0 Å². The fourth-order valence-electron chi connectivity index (χ4n) is 2.10. The van der Waals surface area contributed by atoms with Gasteiger partial charge in [0.2, 0.25) is 0 Å². The van der Waals surface area contributed by atoms with Gasteiger partial charge in [0, 0.05) is 0 Å². The quantitative estimate of drug-likeness (QED) is 0.756. The van der Waals surface area contributed by atoms with Crippen molar-refractivity contribution in [3.8, 4) is 5.75 Å². The second-order valence-electron chi connectivity index (χ2n) is 5.29. The van der Waals surface area contributed by atoms with Crippen molar-refractivity contribution in [3.05, 3.63) is 65.7 Å². The van der Waals surface area contributed by atoms with Gasteiger partial charge in [0.25, 0.3) is 0 Å². The molecule has 1 atom stereocenters. The van der Waals surface area contributed by atoms with E-state index >= 15 is 0 Å². The number of esters is 1. The van der Waals surface area contributed by atoms with E-state index in [2.05, 4.69) is 0 Å². The molecule has 0 saturated carbocycles. The summed E-state index contributed by atoms with van der Waals surface area (Å²) in [5.74, 6) is 0.266. The molecule has 1 N–H and O–H groups in total. The predicted molar refractivity (Wildman–Crippen MR) is 88.0 cm³/mol. The van der Waals surface area contributed by atoms with Crippen molar-refractivity contribution in [2.45, 2.75) is 32.5 Å². The van der Waals surface area contributed by atoms with Crippen LogP contribution in [0.3, 0.4) is 0 Å². The van der Waals surface area contributed by atoms with E-state index in [0.29, 0.717) is 24.5 Å². The first-order chi connectivity index (χ1) is 11.2. The lowest BCUT2D eigenvalue weighted by molar-refractivity contribution is -0.146. The van der Waals surface area contributed by atoms with Crippen LogP contribution in [0.4, 0.5) is 0 Å². The molecule has 0 heterocycles. The molecule has 0 aliphatic rings. The van der Waals surface area contributed by atoms with E-state index in [-0.39, 0.29) is 6.42 Å². The topological polar surface area (TPSA) is 55.8 Å². The fraction of sp³-hybridized carbons (Fsp3) is 0.316. The highest BCUT2D eigenvalue weighted by atomic mass is 16.5. The van der Waals surface area contributed by atoms with Crippen molar-refractivity contribution >= 4 is 5.97 Å². The normalized spacial score (nSPS) is 11.7. The van der Waals surface area contributed by atoms with Crippen molar-refractivity contribution in [3.63, 3.8) is 0 Å². The molecule has 0 fully saturated rings. The van der Waals surface area contributed by atoms with Gasteiger partial charge in [0.1, 0.15) is 12.4 Å². The molecule has 4 heteroatoms. The van der Waals surface area contributed by atoms with Crippen LogP contribution in [0.1, 0.15) is 37.0 Å². The minimum atomic E-state index is -0.889. The minimum absolute atomic E-state index is 0.0534. The Bertz CT molecular complexity index is 610. The Labute approximate surface area is 136 Å². The zero-order valence-electron chi connectivity index (χ0n) is 13.3. The first kappa shape index (κ1) is 17.0. The summed E-state index contributed by atoms with van der Waals surface area (Å²) in [5.41, 5.74) is 1.71. The van der Waals surface area contributed by atoms with Crippen molar-refractivity contribution in [2.75, 3.05) is 6.61 Å². The maximum atomic E-state index is 11.6. The van der Waals surface area contributed by atoms with Crippen LogP contribution in [0.5, 0.6) is 5.75 Å². The number of carbonyl (C=O) groups is 1. The van der Waals surface area contributed by atoms with Crippen molar-refractivity contribution in [1.82, 2.24) is 0 Å². The highest BCUT2D eigenvalue weighted by molar-refractivity contribution is 5.70. The van der Waals surface area contributed by atoms with Crippen LogP contribution >= 0.6 is 0 Å². The lowest BCUT2D eigenvalue weighted by Crippen LogP contribution is -2.10. The molecule has 0 radical (unpaired) electrons. The number of rotatable bonds is 8. The van der Waals surface area contributed by atoms with Crippen molar-refractivity contribution < 1.29 is 19.4 Å². The second kappa shape index (κ2) is 8.96. The van der Waals surface area contributed by atoms with Gasteiger partial charge in [0.05, 0.1) is 19.1 Å². The minimum Gasteiger partial charge on any atom is -0.489 e. The summed E-state index contributed by atoms with van der Waals surface area (Å²) in [6, 6.07) is 17.0. The molecule has 2 rings (SSSR count). The molecule has 0 spiro atoms. The molecular weight excluding hydrogens is 292 g/mol. The van der Waals surface area contributed by atoms with E-state index < -0.39 is 12.1 Å². The number of hydrogen-bond acceptors (Lipinski definition) is 4. The molecule has 1 unspecified atom stereocenters. The zero-order chi connectivity index (χ0) is 16.5. The standard InChI is InChI=1S/C19H22O4/c1-2-11-22-19(21)13-18(20)16-9-6-10-17(12-16)23-14-15-7-4-3-5-8-15/h3-10,12,18,20H,2,11,13-14H2,1H3. The van der Waals surface area contributed by atoms with Gasteiger partial charge in [-0.05, 0) is 29.7 Å². The first-order valence-corrected chi connectivity index (χ1v) is 7.79. The highest BCUT2D eigenvalue weighted by Crippen LogP contribution is 2.22. The molecule has 23 heavy (non-hydrogen) atoms. The number of hydrogen-bond donors (Lipinski definition) is 1. The number of aliphatic hydroxyl groups is 1. The molecule has 122 valence electrons. The maximum Gasteiger partial charge on any atom is 0.308 e. The van der Waals surface area contributed by atoms with E-state index in [9.17, 15) is 9.90 Å². The summed E-state index contributed by atoms with van der Waals surface area (Å²) >= 11 is 0. The first-order valence-electron chi connectivity index (χ1n) is 7.79. The number of carbonyl (C=O) groups excluding carboxylic acids is 1. The summed E-state index contributed by atoms with van der Waals surface area (Å²) in [4.78, 5) is 11.6. The smallest absolute Gasteiger partial charge is 0.308 e. The van der Waals surface area contributed by atoms with Gasteiger partial charge in [-0.3, -0.25) is 4.79 Å². The largest absolute Gasteiger partial charge is 0.489 e. The van der Waals surface area contributed by atoms with Gasteiger partial charge in [-0.2, -0.15) is 0 Å². The van der Waals surface area contributed by atoms with Crippen LogP contribution in [-0.2, 0) is 16.1 Å². The molecule has 0 aliphatic heterocycles. The molecule has 0 aromatic heterocycles. The average Bonchev–Trinajstić information content (AvgIpc) is 2.59. The van der Waals surface area contributed by atoms with Crippen LogP contribution in [0.25, 0.3) is 0 Å². The van der Waals surface area contributed by atoms with E-state index in [1.54, 1.807) is 18.2 Å². The van der Waals surface area contributed by atoms with E-state index in [1.165, 1.54) is 0 Å². The second-order valence-corrected chi connectivity index (χ2v) is 5.29. The molecule has 0 saturated heterocycles. The Morgan fingerprint density at radius 3 is 2.65 bits per heavy atom. The third-order valence-electron chi connectivity index (χ3n) is 3.32. The monoisotopic (exact) mass is 314 g/mol. The Balaban J connectivity index is 1.92. The SMILES string of the molecule is CCCOC(=O)CC(O)c1cccc(OCc2ccccc2)c1. The molecule has 4 nitrogen and oxygen atoms in total. The summed E-state index contributed by atoms with van der Waals surface area (Å²) < 4.78 is 10.7. The Kier molecular flexibility index (Phi) is 6.63. The number of ether oxygens (including phenoxy) is 2. The fourth-order valence-corrected chi connectivity index (χ4v) is 2.10. The molecular formula is C19H22O4. The van der Waals surface area contributed by atoms with Gasteiger partial charge in [-0.1, -0.05) is 49.4 Å². The van der Waals surface area contributed by atoms with E-state index in [0.717, 1.165) is 12.0 Å². The van der Waals surface area contributed by atoms with Gasteiger partial charge in [0.15, 0.2) is 0 Å². The van der Waals surface area contributed by atoms with Crippen LogP contribution in [0.2, 0.25) is 0 Å². The predicted octanol–water partition coefficient (Wildman–Crippen LogP) is 3.64. The Hall–Kier alpha value is -2.33. The van der Waals surface area contributed by atoms with Crippen LogP contribution < -0.4 is 4.74 Å². The molecule has 2 aromatic rings. The molecule has 0 amide bonds. The molecule has 0 aliphatic carbocycles. The maximum absolute atomic E-state index is 11.6. The average molecular weight is 314 g/mol. The van der Waals surface area contributed by atoms with Crippen LogP contribution in [-0.4, -0.2) is 17.7 Å². The third-order valence-corrected chi connectivity index (χ3v) is 3.32. The number of aliphatic hydroxyl groups excluding tert-OH is 1. The van der Waals surface area contributed by atoms with Gasteiger partial charge in [-0.15, -0.1) is 0 Å².